The Morgan fingerprint density at radius 3 is 1.89 bits per heavy atom. The van der Waals surface area contributed by atoms with E-state index >= 15 is 0 Å². The maximum atomic E-state index is 12.9. The van der Waals surface area contributed by atoms with Gasteiger partial charge < -0.3 is 4.74 Å². The normalized spacial score (nSPS) is 15.8. The summed E-state index contributed by atoms with van der Waals surface area (Å²) in [5.41, 5.74) is -0.809. The Morgan fingerprint density at radius 2 is 1.63 bits per heavy atom. The van der Waals surface area contributed by atoms with Crippen molar-refractivity contribution in [2.45, 2.75) is 53.2 Å². The molecule has 0 amide bonds. The van der Waals surface area contributed by atoms with Crippen molar-refractivity contribution in [3.63, 3.8) is 0 Å². The minimum absolute atomic E-state index is 0.191. The van der Waals surface area contributed by atoms with Crippen LogP contribution >= 0.6 is 0 Å². The summed E-state index contributed by atoms with van der Waals surface area (Å²) in [7, 11) is -3.30. The van der Waals surface area contributed by atoms with Crippen LogP contribution in [0.2, 0.25) is 0 Å². The molecular formula is C13H28FNO3S. The first kappa shape index (κ1) is 18.8. The van der Waals surface area contributed by atoms with Crippen LogP contribution in [-0.2, 0) is 14.8 Å². The monoisotopic (exact) mass is 297 g/mol. The number of sulfonamides is 1. The minimum atomic E-state index is -3.30. The number of ether oxygens (including phenoxy) is 1. The molecule has 1 atom stereocenters. The molecule has 0 aliphatic rings. The summed E-state index contributed by atoms with van der Waals surface area (Å²) in [5.74, 6) is 0. The highest BCUT2D eigenvalue weighted by Crippen LogP contribution is 2.23. The SMILES string of the molecule is CC(C)(C)[C@@H](CF)OCCN(C(C)(C)C)S(C)(=O)=O. The van der Waals surface area contributed by atoms with Gasteiger partial charge >= 0.3 is 0 Å². The van der Waals surface area contributed by atoms with E-state index in [4.69, 9.17) is 4.74 Å². The van der Waals surface area contributed by atoms with Gasteiger partial charge in [0.2, 0.25) is 10.0 Å². The molecule has 0 fully saturated rings. The van der Waals surface area contributed by atoms with E-state index in [1.807, 2.05) is 41.5 Å². The molecule has 116 valence electrons. The van der Waals surface area contributed by atoms with E-state index in [1.54, 1.807) is 0 Å². The predicted octanol–water partition coefficient (Wildman–Crippen LogP) is 2.45. The van der Waals surface area contributed by atoms with Gasteiger partial charge in [-0.1, -0.05) is 20.8 Å². The lowest BCUT2D eigenvalue weighted by Gasteiger charge is -2.34. The molecule has 0 saturated carbocycles. The van der Waals surface area contributed by atoms with Crippen molar-refractivity contribution in [2.24, 2.45) is 5.41 Å². The molecular weight excluding hydrogens is 269 g/mol. The van der Waals surface area contributed by atoms with Gasteiger partial charge in [0.1, 0.15) is 6.67 Å². The molecule has 0 N–H and O–H groups in total. The summed E-state index contributed by atoms with van der Waals surface area (Å²) >= 11 is 0. The molecule has 6 heteroatoms. The van der Waals surface area contributed by atoms with Crippen molar-refractivity contribution < 1.29 is 17.5 Å². The van der Waals surface area contributed by atoms with E-state index in [9.17, 15) is 12.8 Å². The average Bonchev–Trinajstić information content (AvgIpc) is 2.11. The first-order chi connectivity index (χ1) is 8.30. The number of hydrogen-bond donors (Lipinski definition) is 0. The van der Waals surface area contributed by atoms with Crippen LogP contribution in [0, 0.1) is 5.41 Å². The smallest absolute Gasteiger partial charge is 0.211 e. The Balaban J connectivity index is 4.61. The Morgan fingerprint density at radius 1 is 1.16 bits per heavy atom. The number of alkyl halides is 1. The highest BCUT2D eigenvalue weighted by molar-refractivity contribution is 7.88. The summed E-state index contributed by atoms with van der Waals surface area (Å²) in [5, 5.41) is 0. The van der Waals surface area contributed by atoms with Gasteiger partial charge in [-0.15, -0.1) is 0 Å². The Kier molecular flexibility index (Phi) is 6.43. The van der Waals surface area contributed by atoms with Gasteiger partial charge in [0.25, 0.3) is 0 Å². The zero-order valence-corrected chi connectivity index (χ0v) is 14.0. The van der Waals surface area contributed by atoms with Gasteiger partial charge in [-0.3, -0.25) is 0 Å². The second kappa shape index (κ2) is 6.50. The fourth-order valence-corrected chi connectivity index (χ4v) is 3.20. The molecule has 0 aromatic heterocycles. The summed E-state index contributed by atoms with van der Waals surface area (Å²) in [4.78, 5) is 0. The lowest BCUT2D eigenvalue weighted by Crippen LogP contribution is -2.47. The fourth-order valence-electron chi connectivity index (χ4n) is 1.80. The van der Waals surface area contributed by atoms with Crippen molar-refractivity contribution in [1.82, 2.24) is 4.31 Å². The van der Waals surface area contributed by atoms with E-state index in [1.165, 1.54) is 10.6 Å². The van der Waals surface area contributed by atoms with Crippen LogP contribution in [0.25, 0.3) is 0 Å². The second-order valence-electron chi connectivity index (χ2n) is 6.89. The highest BCUT2D eigenvalue weighted by Gasteiger charge is 2.30. The maximum absolute atomic E-state index is 12.9. The highest BCUT2D eigenvalue weighted by atomic mass is 32.2. The molecule has 0 aliphatic carbocycles. The van der Waals surface area contributed by atoms with E-state index in [2.05, 4.69) is 0 Å². The van der Waals surface area contributed by atoms with Crippen LogP contribution in [0.15, 0.2) is 0 Å². The van der Waals surface area contributed by atoms with Crippen molar-refractivity contribution >= 4 is 10.0 Å². The summed E-state index contributed by atoms with van der Waals surface area (Å²) in [6.07, 6.45) is 0.656. The van der Waals surface area contributed by atoms with Crippen LogP contribution in [0.4, 0.5) is 4.39 Å². The quantitative estimate of drug-likeness (QED) is 0.756. The second-order valence-corrected chi connectivity index (χ2v) is 8.79. The third-order valence-corrected chi connectivity index (χ3v) is 4.40. The minimum Gasteiger partial charge on any atom is -0.374 e. The molecule has 0 aromatic carbocycles. The standard InChI is InChI=1S/C13H28FNO3S/c1-12(2,3)11(10-14)18-9-8-15(13(4,5)6)19(7,16)17/h11H,8-10H2,1-7H3/t11-/m1/s1. The third-order valence-electron chi connectivity index (χ3n) is 2.87. The first-order valence-electron chi connectivity index (χ1n) is 6.45. The molecule has 0 heterocycles. The average molecular weight is 297 g/mol. The zero-order chi connectivity index (χ0) is 15.5. The van der Waals surface area contributed by atoms with E-state index < -0.39 is 28.3 Å². The zero-order valence-electron chi connectivity index (χ0n) is 13.2. The van der Waals surface area contributed by atoms with Gasteiger partial charge in [-0.2, -0.15) is 4.31 Å². The summed E-state index contributed by atoms with van der Waals surface area (Å²) < 4.78 is 43.2. The Labute approximate surface area is 117 Å². The van der Waals surface area contributed by atoms with Crippen LogP contribution in [0.3, 0.4) is 0 Å². The molecule has 0 bridgehead atoms. The number of rotatable bonds is 6. The predicted molar refractivity (Wildman–Crippen MR) is 76.5 cm³/mol. The van der Waals surface area contributed by atoms with Gasteiger partial charge in [-0.05, 0) is 26.2 Å². The maximum Gasteiger partial charge on any atom is 0.211 e. The molecule has 0 aromatic rings. The van der Waals surface area contributed by atoms with Gasteiger partial charge in [0, 0.05) is 12.1 Å². The van der Waals surface area contributed by atoms with Gasteiger partial charge in [0.05, 0.1) is 19.0 Å². The fraction of sp³-hybridized carbons (Fsp3) is 1.00. The number of nitrogens with zero attached hydrogens (tertiary/aromatic N) is 1. The lowest BCUT2D eigenvalue weighted by atomic mass is 9.90. The van der Waals surface area contributed by atoms with Crippen LogP contribution in [0.5, 0.6) is 0 Å². The lowest BCUT2D eigenvalue weighted by molar-refractivity contribution is -0.0369. The molecule has 0 rings (SSSR count). The molecule has 0 unspecified atom stereocenters. The van der Waals surface area contributed by atoms with Crippen molar-refractivity contribution in [2.75, 3.05) is 26.1 Å². The Bertz CT molecular complexity index is 368. The van der Waals surface area contributed by atoms with E-state index in [-0.39, 0.29) is 18.6 Å². The van der Waals surface area contributed by atoms with Gasteiger partial charge in [0.15, 0.2) is 0 Å². The van der Waals surface area contributed by atoms with Crippen molar-refractivity contribution in [3.8, 4) is 0 Å². The molecule has 0 spiro atoms. The number of halogens is 1. The third kappa shape index (κ3) is 6.68. The van der Waals surface area contributed by atoms with E-state index in [0.717, 1.165) is 0 Å². The molecule has 0 radical (unpaired) electrons. The Hall–Kier alpha value is -0.200. The molecule has 4 nitrogen and oxygen atoms in total. The molecule has 0 saturated heterocycles. The summed E-state index contributed by atoms with van der Waals surface area (Å²) in [6, 6.07) is 0. The summed E-state index contributed by atoms with van der Waals surface area (Å²) in [6.45, 7) is 11.0. The van der Waals surface area contributed by atoms with Crippen LogP contribution in [0.1, 0.15) is 41.5 Å². The topological polar surface area (TPSA) is 46.6 Å². The van der Waals surface area contributed by atoms with Gasteiger partial charge in [-0.25, -0.2) is 12.8 Å². The van der Waals surface area contributed by atoms with Crippen LogP contribution in [-0.4, -0.2) is 50.4 Å². The number of hydrogen-bond acceptors (Lipinski definition) is 3. The van der Waals surface area contributed by atoms with Crippen LogP contribution < -0.4 is 0 Å². The van der Waals surface area contributed by atoms with Crippen molar-refractivity contribution in [3.05, 3.63) is 0 Å². The largest absolute Gasteiger partial charge is 0.374 e. The molecule has 0 aliphatic heterocycles. The first-order valence-corrected chi connectivity index (χ1v) is 8.30. The van der Waals surface area contributed by atoms with Crippen molar-refractivity contribution in [1.29, 1.82) is 0 Å². The molecule has 19 heavy (non-hydrogen) atoms. The van der Waals surface area contributed by atoms with E-state index in [0.29, 0.717) is 0 Å².